The Bertz CT molecular complexity index is 959. The number of benzene rings is 2. The summed E-state index contributed by atoms with van der Waals surface area (Å²) >= 11 is 0. The zero-order valence-electron chi connectivity index (χ0n) is 13.5. The van der Waals surface area contributed by atoms with Crippen LogP contribution in [-0.4, -0.2) is 24.2 Å². The number of nitrogens with zero attached hydrogens (tertiary/aromatic N) is 2. The molecule has 2 aromatic heterocycles. The van der Waals surface area contributed by atoms with Gasteiger partial charge in [-0.05, 0) is 47.5 Å². The Balaban J connectivity index is 1.79. The molecule has 0 radical (unpaired) electrons. The van der Waals surface area contributed by atoms with Gasteiger partial charge in [-0.15, -0.1) is 0 Å². The number of hydrogen-bond acceptors (Lipinski definition) is 4. The smallest absolute Gasteiger partial charge is 0.213 e. The molecule has 0 saturated heterocycles. The Labute approximate surface area is 139 Å². The predicted octanol–water partition coefficient (Wildman–Crippen LogP) is 4.47. The Morgan fingerprint density at radius 1 is 0.583 bits per heavy atom. The quantitative estimate of drug-likeness (QED) is 0.559. The Kier molecular flexibility index (Phi) is 3.50. The normalized spacial score (nSPS) is 10.9. The van der Waals surface area contributed by atoms with Crippen molar-refractivity contribution in [3.05, 3.63) is 60.7 Å². The topological polar surface area (TPSA) is 44.2 Å². The van der Waals surface area contributed by atoms with E-state index in [1.54, 1.807) is 14.2 Å². The maximum atomic E-state index is 5.18. The van der Waals surface area contributed by atoms with Gasteiger partial charge in [0.1, 0.15) is 0 Å². The molecule has 2 aromatic carbocycles. The lowest BCUT2D eigenvalue weighted by molar-refractivity contribution is 0.399. The minimum Gasteiger partial charge on any atom is -0.481 e. The Hall–Kier alpha value is -3.14. The van der Waals surface area contributed by atoms with E-state index < -0.39 is 0 Å². The first kappa shape index (κ1) is 14.5. The summed E-state index contributed by atoms with van der Waals surface area (Å²) in [5.41, 5.74) is 4.13. The molecule has 0 aliphatic heterocycles. The summed E-state index contributed by atoms with van der Waals surface area (Å²) < 4.78 is 10.4. The molecule has 0 aliphatic rings. The number of aromatic nitrogens is 2. The summed E-state index contributed by atoms with van der Waals surface area (Å²) in [6.45, 7) is 0. The molecule has 0 saturated carbocycles. The number of rotatable bonds is 3. The summed E-state index contributed by atoms with van der Waals surface area (Å²) in [5.74, 6) is 1.25. The zero-order valence-corrected chi connectivity index (χ0v) is 13.5. The second-order valence-corrected chi connectivity index (χ2v) is 5.52. The number of ether oxygens (including phenoxy) is 2. The molecule has 4 nitrogen and oxygen atoms in total. The SMILES string of the molecule is COc1ccc2cc(-c3ccc4nc(OC)ccc4c3)ccc2n1. The lowest BCUT2D eigenvalue weighted by Crippen LogP contribution is -1.89. The molecule has 0 aliphatic carbocycles. The molecule has 0 unspecified atom stereocenters. The van der Waals surface area contributed by atoms with Gasteiger partial charge in [-0.2, -0.15) is 0 Å². The van der Waals surface area contributed by atoms with Gasteiger partial charge in [0, 0.05) is 22.9 Å². The molecule has 4 aromatic rings. The van der Waals surface area contributed by atoms with Gasteiger partial charge in [0.05, 0.1) is 25.3 Å². The van der Waals surface area contributed by atoms with Gasteiger partial charge < -0.3 is 9.47 Å². The summed E-state index contributed by atoms with van der Waals surface area (Å²) in [6.07, 6.45) is 0. The van der Waals surface area contributed by atoms with Gasteiger partial charge in [-0.25, -0.2) is 9.97 Å². The number of pyridine rings is 2. The average Bonchev–Trinajstić information content (AvgIpc) is 2.66. The summed E-state index contributed by atoms with van der Waals surface area (Å²) in [6, 6.07) is 20.3. The highest BCUT2D eigenvalue weighted by molar-refractivity contribution is 5.89. The fraction of sp³-hybridized carbons (Fsp3) is 0.100. The second kappa shape index (κ2) is 5.81. The van der Waals surface area contributed by atoms with Crippen LogP contribution in [-0.2, 0) is 0 Å². The van der Waals surface area contributed by atoms with E-state index in [9.17, 15) is 0 Å². The third kappa shape index (κ3) is 2.52. The molecule has 0 fully saturated rings. The van der Waals surface area contributed by atoms with Gasteiger partial charge in [0.25, 0.3) is 0 Å². The molecule has 24 heavy (non-hydrogen) atoms. The van der Waals surface area contributed by atoms with Gasteiger partial charge in [-0.3, -0.25) is 0 Å². The van der Waals surface area contributed by atoms with Crippen LogP contribution in [0.4, 0.5) is 0 Å². The number of fused-ring (bicyclic) bond motifs is 2. The summed E-state index contributed by atoms with van der Waals surface area (Å²) in [5, 5.41) is 2.17. The second-order valence-electron chi connectivity index (χ2n) is 5.52. The van der Waals surface area contributed by atoms with Crippen LogP contribution in [0, 0.1) is 0 Å². The van der Waals surface area contributed by atoms with E-state index in [4.69, 9.17) is 9.47 Å². The third-order valence-electron chi connectivity index (χ3n) is 4.08. The fourth-order valence-corrected chi connectivity index (χ4v) is 2.80. The molecule has 2 heterocycles. The lowest BCUT2D eigenvalue weighted by atomic mass is 10.0. The van der Waals surface area contributed by atoms with Gasteiger partial charge in [-0.1, -0.05) is 12.1 Å². The van der Waals surface area contributed by atoms with Crippen LogP contribution >= 0.6 is 0 Å². The van der Waals surface area contributed by atoms with E-state index in [-0.39, 0.29) is 0 Å². The van der Waals surface area contributed by atoms with Crippen LogP contribution in [0.15, 0.2) is 60.7 Å². The van der Waals surface area contributed by atoms with Crippen LogP contribution in [0.1, 0.15) is 0 Å². The molecule has 4 rings (SSSR count). The average molecular weight is 316 g/mol. The number of methoxy groups -OCH3 is 2. The Morgan fingerprint density at radius 2 is 1.04 bits per heavy atom. The van der Waals surface area contributed by atoms with Crippen LogP contribution < -0.4 is 9.47 Å². The van der Waals surface area contributed by atoms with Gasteiger partial charge in [0.15, 0.2) is 0 Å². The highest BCUT2D eigenvalue weighted by Crippen LogP contribution is 2.28. The summed E-state index contributed by atoms with van der Waals surface area (Å²) in [7, 11) is 3.25. The van der Waals surface area contributed by atoms with Crippen molar-refractivity contribution in [1.29, 1.82) is 0 Å². The highest BCUT2D eigenvalue weighted by atomic mass is 16.5. The molecular formula is C20H16N2O2. The first-order valence-electron chi connectivity index (χ1n) is 7.67. The fourth-order valence-electron chi connectivity index (χ4n) is 2.80. The monoisotopic (exact) mass is 316 g/mol. The predicted molar refractivity (Wildman–Crippen MR) is 95.6 cm³/mol. The van der Waals surface area contributed by atoms with E-state index in [2.05, 4.69) is 34.2 Å². The molecule has 0 atom stereocenters. The third-order valence-corrected chi connectivity index (χ3v) is 4.08. The lowest BCUT2D eigenvalue weighted by Gasteiger charge is -2.07. The van der Waals surface area contributed by atoms with Crippen molar-refractivity contribution in [1.82, 2.24) is 9.97 Å². The first-order chi connectivity index (χ1) is 11.8. The van der Waals surface area contributed by atoms with Crippen molar-refractivity contribution in [2.24, 2.45) is 0 Å². The molecule has 0 bridgehead atoms. The highest BCUT2D eigenvalue weighted by Gasteiger charge is 2.05. The van der Waals surface area contributed by atoms with Crippen LogP contribution in [0.3, 0.4) is 0 Å². The molecule has 0 N–H and O–H groups in total. The molecule has 0 spiro atoms. The van der Waals surface area contributed by atoms with Gasteiger partial charge >= 0.3 is 0 Å². The van der Waals surface area contributed by atoms with Crippen LogP contribution in [0.5, 0.6) is 11.8 Å². The van der Waals surface area contributed by atoms with E-state index >= 15 is 0 Å². The van der Waals surface area contributed by atoms with E-state index in [0.29, 0.717) is 11.8 Å². The Morgan fingerprint density at radius 3 is 1.46 bits per heavy atom. The first-order valence-corrected chi connectivity index (χ1v) is 7.67. The number of hydrogen-bond donors (Lipinski definition) is 0. The molecular weight excluding hydrogens is 300 g/mol. The van der Waals surface area contributed by atoms with Crippen molar-refractivity contribution in [2.45, 2.75) is 0 Å². The maximum absolute atomic E-state index is 5.18. The van der Waals surface area contributed by atoms with Crippen LogP contribution in [0.2, 0.25) is 0 Å². The van der Waals surface area contributed by atoms with Crippen LogP contribution in [0.25, 0.3) is 32.9 Å². The van der Waals surface area contributed by atoms with E-state index in [0.717, 1.165) is 32.9 Å². The minimum atomic E-state index is 0.626. The molecule has 0 amide bonds. The maximum Gasteiger partial charge on any atom is 0.213 e. The van der Waals surface area contributed by atoms with E-state index in [1.165, 1.54) is 0 Å². The van der Waals surface area contributed by atoms with Gasteiger partial charge in [0.2, 0.25) is 11.8 Å². The van der Waals surface area contributed by atoms with Crippen molar-refractivity contribution >= 4 is 21.8 Å². The molecule has 4 heteroatoms. The zero-order chi connectivity index (χ0) is 16.5. The minimum absolute atomic E-state index is 0.626. The van der Waals surface area contributed by atoms with Crippen molar-refractivity contribution < 1.29 is 9.47 Å². The van der Waals surface area contributed by atoms with Crippen molar-refractivity contribution in [3.63, 3.8) is 0 Å². The van der Waals surface area contributed by atoms with E-state index in [1.807, 2.05) is 36.4 Å². The standard InChI is InChI=1S/C20H16N2O2/c1-23-19-9-5-15-11-13(3-7-17(15)21-19)14-4-8-18-16(12-14)6-10-20(22-18)24-2/h3-12H,1-2H3. The molecule has 118 valence electrons. The summed E-state index contributed by atoms with van der Waals surface area (Å²) in [4.78, 5) is 8.90. The largest absolute Gasteiger partial charge is 0.481 e. The van der Waals surface area contributed by atoms with Crippen molar-refractivity contribution in [3.8, 4) is 22.9 Å². The van der Waals surface area contributed by atoms with Crippen molar-refractivity contribution in [2.75, 3.05) is 14.2 Å².